The van der Waals surface area contributed by atoms with E-state index in [1.54, 1.807) is 11.3 Å². The van der Waals surface area contributed by atoms with Gasteiger partial charge in [-0.15, -0.1) is 11.3 Å². The van der Waals surface area contributed by atoms with Crippen molar-refractivity contribution in [2.75, 3.05) is 38.2 Å². The molecule has 0 radical (unpaired) electrons. The average molecular weight is 400 g/mol. The molecule has 0 atom stereocenters. The smallest absolute Gasteiger partial charge is 0.187 e. The number of rotatable bonds is 6. The summed E-state index contributed by atoms with van der Waals surface area (Å²) in [6, 6.07) is 8.00. The number of aryl methyl sites for hydroxylation is 2. The highest BCUT2D eigenvalue weighted by Crippen LogP contribution is 2.36. The number of thiophene rings is 1. The number of quaternary nitrogens is 1. The van der Waals surface area contributed by atoms with Crippen molar-refractivity contribution in [1.29, 1.82) is 0 Å². The molecule has 7 heteroatoms. The van der Waals surface area contributed by atoms with E-state index in [0.717, 1.165) is 66.1 Å². The quantitative estimate of drug-likeness (QED) is 0.667. The summed E-state index contributed by atoms with van der Waals surface area (Å²) in [7, 11) is 0. The summed E-state index contributed by atoms with van der Waals surface area (Å²) < 4.78 is 11.3. The van der Waals surface area contributed by atoms with Gasteiger partial charge < -0.3 is 19.7 Å². The summed E-state index contributed by atoms with van der Waals surface area (Å²) in [6.45, 7) is 11.3. The Hall–Kier alpha value is -2.22. The molecule has 1 fully saturated rings. The number of nitrogens with one attached hydrogen (secondary N) is 2. The molecular formula is C21H27N4O2S+. The van der Waals surface area contributed by atoms with Crippen molar-refractivity contribution in [2.24, 2.45) is 0 Å². The van der Waals surface area contributed by atoms with Gasteiger partial charge >= 0.3 is 0 Å². The lowest BCUT2D eigenvalue weighted by Gasteiger charge is -2.23. The first-order valence-corrected chi connectivity index (χ1v) is 10.6. The van der Waals surface area contributed by atoms with Crippen LogP contribution in [0.15, 0.2) is 24.3 Å². The lowest BCUT2D eigenvalue weighted by Crippen LogP contribution is -3.12. The number of aromatic nitrogens is 2. The Morgan fingerprint density at radius 2 is 1.96 bits per heavy atom. The predicted molar refractivity (Wildman–Crippen MR) is 113 cm³/mol. The first kappa shape index (κ1) is 19.1. The molecule has 3 heterocycles. The molecule has 2 aromatic heterocycles. The first-order valence-electron chi connectivity index (χ1n) is 9.82. The van der Waals surface area contributed by atoms with Gasteiger partial charge in [0.1, 0.15) is 36.0 Å². The van der Waals surface area contributed by atoms with Gasteiger partial charge in [-0.1, -0.05) is 12.1 Å². The minimum atomic E-state index is 0.625. The number of benzene rings is 1. The third kappa shape index (κ3) is 3.97. The van der Waals surface area contributed by atoms with Crippen LogP contribution in [-0.4, -0.2) is 42.9 Å². The van der Waals surface area contributed by atoms with Crippen molar-refractivity contribution >= 4 is 33.1 Å². The first-order chi connectivity index (χ1) is 13.7. The molecule has 0 unspecified atom stereocenters. The Balaban J connectivity index is 1.73. The highest BCUT2D eigenvalue weighted by molar-refractivity contribution is 7.18. The largest absolute Gasteiger partial charge is 0.492 e. The van der Waals surface area contributed by atoms with E-state index in [1.807, 2.05) is 31.2 Å². The number of para-hydroxylation sites is 2. The number of anilines is 2. The van der Waals surface area contributed by atoms with E-state index in [9.17, 15) is 0 Å². The molecule has 2 N–H and O–H groups in total. The van der Waals surface area contributed by atoms with Crippen LogP contribution >= 0.6 is 11.3 Å². The average Bonchev–Trinajstić information content (AvgIpc) is 2.98. The van der Waals surface area contributed by atoms with E-state index in [4.69, 9.17) is 19.4 Å². The molecule has 0 aliphatic carbocycles. The number of morpholine rings is 1. The van der Waals surface area contributed by atoms with Crippen molar-refractivity contribution in [1.82, 2.24) is 9.97 Å². The zero-order valence-electron chi connectivity index (χ0n) is 16.7. The molecule has 1 saturated heterocycles. The number of nitrogens with zero attached hydrogens (tertiary/aromatic N) is 2. The third-order valence-electron chi connectivity index (χ3n) is 5.12. The molecule has 28 heavy (non-hydrogen) atoms. The van der Waals surface area contributed by atoms with Crippen LogP contribution in [-0.2, 0) is 11.3 Å². The van der Waals surface area contributed by atoms with Gasteiger partial charge in [-0.05, 0) is 38.5 Å². The number of fused-ring (bicyclic) bond motifs is 1. The normalized spacial score (nSPS) is 15.1. The Labute approximate surface area is 169 Å². The fourth-order valence-corrected chi connectivity index (χ4v) is 4.55. The standard InChI is InChI=1S/C21H26N4O2S/c1-4-27-17-8-6-5-7-16(17)22-20-19-14(2)15(3)28-21(19)24-18(23-20)13-25-9-11-26-12-10-25/h5-8H,4,9-13H2,1-3H3,(H,22,23,24)/p+1. The topological polar surface area (TPSA) is 60.7 Å². The minimum absolute atomic E-state index is 0.625. The maximum absolute atomic E-state index is 5.79. The van der Waals surface area contributed by atoms with Crippen molar-refractivity contribution in [3.05, 3.63) is 40.5 Å². The lowest BCUT2D eigenvalue weighted by atomic mass is 10.2. The van der Waals surface area contributed by atoms with Crippen molar-refractivity contribution in [3.8, 4) is 5.75 Å². The van der Waals surface area contributed by atoms with Gasteiger partial charge in [0.15, 0.2) is 5.82 Å². The predicted octanol–water partition coefficient (Wildman–Crippen LogP) is 2.87. The van der Waals surface area contributed by atoms with Crippen LogP contribution in [0.3, 0.4) is 0 Å². The second-order valence-electron chi connectivity index (χ2n) is 7.05. The van der Waals surface area contributed by atoms with E-state index in [2.05, 4.69) is 19.2 Å². The number of ether oxygens (including phenoxy) is 2. The summed E-state index contributed by atoms with van der Waals surface area (Å²) in [5.74, 6) is 2.57. The molecule has 6 nitrogen and oxygen atoms in total. The van der Waals surface area contributed by atoms with Gasteiger partial charge in [0.25, 0.3) is 0 Å². The summed E-state index contributed by atoms with van der Waals surface area (Å²) in [5, 5.41) is 4.63. The molecular weight excluding hydrogens is 372 g/mol. The second kappa shape index (κ2) is 8.43. The Morgan fingerprint density at radius 1 is 1.18 bits per heavy atom. The van der Waals surface area contributed by atoms with Crippen LogP contribution < -0.4 is 15.0 Å². The maximum atomic E-state index is 5.79. The van der Waals surface area contributed by atoms with Gasteiger partial charge in [0.2, 0.25) is 0 Å². The molecule has 1 aromatic carbocycles. The fraction of sp³-hybridized carbons (Fsp3) is 0.429. The molecule has 1 aliphatic rings. The third-order valence-corrected chi connectivity index (χ3v) is 6.22. The molecule has 0 bridgehead atoms. The lowest BCUT2D eigenvalue weighted by molar-refractivity contribution is -0.922. The van der Waals surface area contributed by atoms with Crippen molar-refractivity contribution in [2.45, 2.75) is 27.3 Å². The van der Waals surface area contributed by atoms with Crippen molar-refractivity contribution in [3.63, 3.8) is 0 Å². The second-order valence-corrected chi connectivity index (χ2v) is 8.25. The van der Waals surface area contributed by atoms with E-state index < -0.39 is 0 Å². The maximum Gasteiger partial charge on any atom is 0.187 e. The van der Waals surface area contributed by atoms with Crippen LogP contribution in [0.1, 0.15) is 23.2 Å². The van der Waals surface area contributed by atoms with Crippen molar-refractivity contribution < 1.29 is 14.4 Å². The summed E-state index contributed by atoms with van der Waals surface area (Å²) in [4.78, 5) is 13.6. The van der Waals surface area contributed by atoms with Crippen LogP contribution in [0.4, 0.5) is 11.5 Å². The van der Waals surface area contributed by atoms with Gasteiger partial charge in [-0.25, -0.2) is 9.97 Å². The number of hydrogen-bond acceptors (Lipinski definition) is 6. The van der Waals surface area contributed by atoms with E-state index in [0.29, 0.717) is 6.61 Å². The zero-order chi connectivity index (χ0) is 19.5. The van der Waals surface area contributed by atoms with Gasteiger partial charge in [0.05, 0.1) is 30.9 Å². The Bertz CT molecular complexity index is 966. The molecule has 0 spiro atoms. The minimum Gasteiger partial charge on any atom is -0.492 e. The highest BCUT2D eigenvalue weighted by atomic mass is 32.1. The Kier molecular flexibility index (Phi) is 5.75. The SMILES string of the molecule is CCOc1ccccc1Nc1nc(C[NH+]2CCOCC2)nc2sc(C)c(C)c12. The molecule has 0 amide bonds. The number of hydrogen-bond donors (Lipinski definition) is 2. The van der Waals surface area contributed by atoms with E-state index >= 15 is 0 Å². The van der Waals surface area contributed by atoms with E-state index in [-0.39, 0.29) is 0 Å². The molecule has 0 saturated carbocycles. The van der Waals surface area contributed by atoms with E-state index in [1.165, 1.54) is 15.3 Å². The summed E-state index contributed by atoms with van der Waals surface area (Å²) in [6.07, 6.45) is 0. The van der Waals surface area contributed by atoms with Gasteiger partial charge in [-0.3, -0.25) is 0 Å². The van der Waals surface area contributed by atoms with Crippen LogP contribution in [0.25, 0.3) is 10.2 Å². The molecule has 3 aromatic rings. The van der Waals surface area contributed by atoms with Crippen LogP contribution in [0.5, 0.6) is 5.75 Å². The summed E-state index contributed by atoms with van der Waals surface area (Å²) >= 11 is 1.74. The molecule has 1 aliphatic heterocycles. The Morgan fingerprint density at radius 3 is 2.75 bits per heavy atom. The monoisotopic (exact) mass is 399 g/mol. The van der Waals surface area contributed by atoms with Crippen LogP contribution in [0.2, 0.25) is 0 Å². The van der Waals surface area contributed by atoms with Crippen LogP contribution in [0, 0.1) is 13.8 Å². The molecule has 4 rings (SSSR count). The van der Waals surface area contributed by atoms with Gasteiger partial charge in [0, 0.05) is 4.88 Å². The fourth-order valence-electron chi connectivity index (χ4n) is 3.50. The summed E-state index contributed by atoms with van der Waals surface area (Å²) in [5.41, 5.74) is 2.17. The highest BCUT2D eigenvalue weighted by Gasteiger charge is 2.20. The van der Waals surface area contributed by atoms with Gasteiger partial charge in [-0.2, -0.15) is 0 Å². The zero-order valence-corrected chi connectivity index (χ0v) is 17.5. The molecule has 148 valence electrons.